The van der Waals surface area contributed by atoms with Crippen molar-refractivity contribution in [3.05, 3.63) is 20.3 Å². The molecule has 1 atom stereocenters. The molecule has 0 radical (unpaired) electrons. The third kappa shape index (κ3) is 5.59. The molecule has 98 valence electrons. The maximum absolute atomic E-state index is 11.8. The molecular formula is C10H11BrClF3OS. The smallest absolute Gasteiger partial charge is 0.372 e. The molecule has 0 spiro atoms. The summed E-state index contributed by atoms with van der Waals surface area (Å²) in [5, 5.41) is -0.307. The van der Waals surface area contributed by atoms with Crippen LogP contribution in [0.15, 0.2) is 9.85 Å². The van der Waals surface area contributed by atoms with Gasteiger partial charge in [-0.15, -0.1) is 22.9 Å². The highest BCUT2D eigenvalue weighted by Crippen LogP contribution is 2.35. The van der Waals surface area contributed by atoms with E-state index in [1.807, 2.05) is 13.0 Å². The first-order valence-corrected chi connectivity index (χ1v) is 6.88. The van der Waals surface area contributed by atoms with Crippen molar-refractivity contribution in [2.45, 2.75) is 24.9 Å². The van der Waals surface area contributed by atoms with Crippen LogP contribution in [0.5, 0.6) is 0 Å². The van der Waals surface area contributed by atoms with E-state index in [0.29, 0.717) is 6.42 Å². The van der Waals surface area contributed by atoms with E-state index >= 15 is 0 Å². The van der Waals surface area contributed by atoms with Gasteiger partial charge < -0.3 is 4.74 Å². The molecule has 0 bridgehead atoms. The summed E-state index contributed by atoms with van der Waals surface area (Å²) < 4.78 is 40.9. The van der Waals surface area contributed by atoms with E-state index in [9.17, 15) is 13.2 Å². The van der Waals surface area contributed by atoms with Gasteiger partial charge in [0, 0.05) is 11.5 Å². The highest BCUT2D eigenvalue weighted by molar-refractivity contribution is 9.11. The van der Waals surface area contributed by atoms with Crippen LogP contribution >= 0.6 is 38.9 Å². The van der Waals surface area contributed by atoms with Crippen LogP contribution in [0.2, 0.25) is 0 Å². The van der Waals surface area contributed by atoms with Gasteiger partial charge in [-0.05, 0) is 40.9 Å². The number of rotatable bonds is 5. The van der Waals surface area contributed by atoms with Crippen molar-refractivity contribution in [3.8, 4) is 0 Å². The number of thiophene rings is 1. The molecule has 0 N–H and O–H groups in total. The van der Waals surface area contributed by atoms with Crippen LogP contribution in [-0.2, 0) is 4.74 Å². The number of hydrogen-bond donors (Lipinski definition) is 0. The fourth-order valence-electron chi connectivity index (χ4n) is 1.15. The maximum atomic E-state index is 11.8. The zero-order valence-electron chi connectivity index (χ0n) is 8.98. The Labute approximate surface area is 115 Å². The molecule has 0 fully saturated rings. The maximum Gasteiger partial charge on any atom is 0.411 e. The molecule has 0 aliphatic heterocycles. The Morgan fingerprint density at radius 3 is 2.65 bits per heavy atom. The number of ether oxygens (including phenoxy) is 1. The molecule has 17 heavy (non-hydrogen) atoms. The average molecular weight is 352 g/mol. The van der Waals surface area contributed by atoms with Gasteiger partial charge >= 0.3 is 6.18 Å². The third-order valence-electron chi connectivity index (χ3n) is 1.97. The summed E-state index contributed by atoms with van der Waals surface area (Å²) in [6.45, 7) is 0.722. The highest BCUT2D eigenvalue weighted by Gasteiger charge is 2.27. The quantitative estimate of drug-likeness (QED) is 0.532. The second-order valence-corrected chi connectivity index (χ2v) is 6.46. The summed E-state index contributed by atoms with van der Waals surface area (Å²) >= 11 is 10.9. The van der Waals surface area contributed by atoms with E-state index in [0.717, 1.165) is 14.2 Å². The fraction of sp³-hybridized carbons (Fsp3) is 0.600. The monoisotopic (exact) mass is 350 g/mol. The largest absolute Gasteiger partial charge is 0.411 e. The molecule has 1 aromatic rings. The van der Waals surface area contributed by atoms with E-state index in [4.69, 9.17) is 11.6 Å². The molecule has 1 unspecified atom stereocenters. The lowest BCUT2D eigenvalue weighted by Crippen LogP contribution is -2.17. The van der Waals surface area contributed by atoms with Gasteiger partial charge in [-0.25, -0.2) is 0 Å². The Bertz CT molecular complexity index is 347. The van der Waals surface area contributed by atoms with Crippen LogP contribution in [0, 0.1) is 6.92 Å². The van der Waals surface area contributed by atoms with Crippen LogP contribution in [0.1, 0.15) is 22.2 Å². The van der Waals surface area contributed by atoms with Crippen LogP contribution in [0.25, 0.3) is 0 Å². The predicted molar refractivity (Wildman–Crippen MR) is 66.8 cm³/mol. The van der Waals surface area contributed by atoms with Crippen LogP contribution in [-0.4, -0.2) is 19.4 Å². The van der Waals surface area contributed by atoms with Crippen molar-refractivity contribution < 1.29 is 17.9 Å². The Hall–Kier alpha value is 0.220. The SMILES string of the molecule is Cc1cc(C(Cl)CCOCC(F)(F)F)sc1Br. The Morgan fingerprint density at radius 2 is 2.18 bits per heavy atom. The molecule has 0 aliphatic rings. The zero-order chi connectivity index (χ0) is 13.1. The lowest BCUT2D eigenvalue weighted by molar-refractivity contribution is -0.174. The molecule has 1 aromatic heterocycles. The van der Waals surface area contributed by atoms with E-state index in [1.54, 1.807) is 0 Å². The topological polar surface area (TPSA) is 9.23 Å². The van der Waals surface area contributed by atoms with Crippen molar-refractivity contribution in [2.75, 3.05) is 13.2 Å². The van der Waals surface area contributed by atoms with Gasteiger partial charge in [0.25, 0.3) is 0 Å². The normalized spacial score (nSPS) is 14.0. The summed E-state index contributed by atoms with van der Waals surface area (Å²) in [4.78, 5) is 0.937. The lowest BCUT2D eigenvalue weighted by Gasteiger charge is -2.09. The highest BCUT2D eigenvalue weighted by atomic mass is 79.9. The van der Waals surface area contributed by atoms with Crippen molar-refractivity contribution in [2.24, 2.45) is 0 Å². The molecule has 1 nitrogen and oxygen atoms in total. The summed E-state index contributed by atoms with van der Waals surface area (Å²) in [5.74, 6) is 0. The molecule has 1 heterocycles. The van der Waals surface area contributed by atoms with Gasteiger partial charge in [-0.2, -0.15) is 13.2 Å². The van der Waals surface area contributed by atoms with Gasteiger partial charge in [0.05, 0.1) is 9.16 Å². The van der Waals surface area contributed by atoms with E-state index in [-0.39, 0.29) is 12.0 Å². The second-order valence-electron chi connectivity index (χ2n) is 3.53. The predicted octanol–water partition coefficient (Wildman–Crippen LogP) is 5.07. The Kier molecular flexibility index (Phi) is 5.76. The Morgan fingerprint density at radius 1 is 1.53 bits per heavy atom. The van der Waals surface area contributed by atoms with E-state index < -0.39 is 12.8 Å². The molecule has 0 amide bonds. The summed E-state index contributed by atoms with van der Waals surface area (Å²) in [7, 11) is 0. The minimum Gasteiger partial charge on any atom is -0.372 e. The van der Waals surface area contributed by atoms with Crippen LogP contribution in [0.3, 0.4) is 0 Å². The lowest BCUT2D eigenvalue weighted by atomic mass is 10.2. The molecule has 7 heteroatoms. The van der Waals surface area contributed by atoms with E-state index in [2.05, 4.69) is 20.7 Å². The zero-order valence-corrected chi connectivity index (χ0v) is 12.1. The third-order valence-corrected chi connectivity index (χ3v) is 4.80. The molecular weight excluding hydrogens is 341 g/mol. The average Bonchev–Trinajstić information content (AvgIpc) is 2.52. The van der Waals surface area contributed by atoms with Crippen LogP contribution in [0.4, 0.5) is 13.2 Å². The first-order valence-electron chi connectivity index (χ1n) is 4.84. The minimum absolute atomic E-state index is 0.00223. The number of halogens is 5. The van der Waals surface area contributed by atoms with Gasteiger partial charge in [0.15, 0.2) is 0 Å². The standard InChI is InChI=1S/C10H11BrClF3OS/c1-6-4-8(17-9(6)11)7(12)2-3-16-5-10(13,14)15/h4,7H,2-3,5H2,1H3. The first kappa shape index (κ1) is 15.3. The molecule has 0 saturated carbocycles. The van der Waals surface area contributed by atoms with Crippen molar-refractivity contribution in [1.29, 1.82) is 0 Å². The summed E-state index contributed by atoms with van der Waals surface area (Å²) in [6, 6.07) is 1.93. The van der Waals surface area contributed by atoms with Crippen molar-refractivity contribution in [3.63, 3.8) is 0 Å². The molecule has 1 rings (SSSR count). The van der Waals surface area contributed by atoms with Gasteiger partial charge in [0.1, 0.15) is 6.61 Å². The Balaban J connectivity index is 2.33. The summed E-state index contributed by atoms with van der Waals surface area (Å²) in [5.41, 5.74) is 1.08. The fourth-order valence-corrected chi connectivity index (χ4v) is 3.02. The van der Waals surface area contributed by atoms with Gasteiger partial charge in [-0.1, -0.05) is 0 Å². The number of hydrogen-bond acceptors (Lipinski definition) is 2. The van der Waals surface area contributed by atoms with Crippen molar-refractivity contribution in [1.82, 2.24) is 0 Å². The number of alkyl halides is 4. The van der Waals surface area contributed by atoms with Gasteiger partial charge in [-0.3, -0.25) is 0 Å². The second kappa shape index (κ2) is 6.41. The van der Waals surface area contributed by atoms with Crippen molar-refractivity contribution >= 4 is 38.9 Å². The van der Waals surface area contributed by atoms with Crippen LogP contribution < -0.4 is 0 Å². The van der Waals surface area contributed by atoms with Gasteiger partial charge in [0.2, 0.25) is 0 Å². The van der Waals surface area contributed by atoms with E-state index in [1.165, 1.54) is 11.3 Å². The minimum atomic E-state index is -4.27. The first-order chi connectivity index (χ1) is 7.79. The molecule has 0 saturated heterocycles. The number of aryl methyl sites for hydroxylation is 1. The molecule has 0 aromatic carbocycles. The summed E-state index contributed by atoms with van der Waals surface area (Å²) in [6.07, 6.45) is -3.91. The molecule has 0 aliphatic carbocycles.